The van der Waals surface area contributed by atoms with Crippen LogP contribution in [0.5, 0.6) is 0 Å². The molecule has 1 aromatic heterocycles. The molecule has 3 rings (SSSR count). The van der Waals surface area contributed by atoms with E-state index in [9.17, 15) is 14.4 Å². The summed E-state index contributed by atoms with van der Waals surface area (Å²) in [6, 6.07) is 1.66. The van der Waals surface area contributed by atoms with Gasteiger partial charge in [-0.1, -0.05) is 0 Å². The zero-order valence-electron chi connectivity index (χ0n) is 13.3. The van der Waals surface area contributed by atoms with Crippen molar-refractivity contribution in [2.45, 2.75) is 37.8 Å². The van der Waals surface area contributed by atoms with Crippen LogP contribution >= 0.6 is 0 Å². The Morgan fingerprint density at radius 1 is 1.33 bits per heavy atom. The lowest BCUT2D eigenvalue weighted by molar-refractivity contribution is -0.139. The fraction of sp³-hybridized carbons (Fsp3) is 0.562. The number of primary amides is 1. The number of aliphatic carboxylic acids is 1. The predicted molar refractivity (Wildman–Crippen MR) is 85.5 cm³/mol. The van der Waals surface area contributed by atoms with Gasteiger partial charge in [0.2, 0.25) is 5.91 Å². The molecule has 0 radical (unpaired) electrons. The molecule has 2 fully saturated rings. The Bertz CT molecular complexity index is 646. The van der Waals surface area contributed by atoms with E-state index in [-0.39, 0.29) is 30.1 Å². The number of carboxylic acid groups (broad SMARTS) is 1. The summed E-state index contributed by atoms with van der Waals surface area (Å²) in [7, 11) is 0. The van der Waals surface area contributed by atoms with Gasteiger partial charge in [-0.05, 0) is 37.7 Å². The minimum atomic E-state index is -0.812. The van der Waals surface area contributed by atoms with Crippen LogP contribution in [0.25, 0.3) is 0 Å². The second kappa shape index (κ2) is 6.64. The number of nitrogens with two attached hydrogens (primary N) is 1. The molecule has 0 atom stereocenters. The number of aromatic amines is 1. The number of nitrogens with one attached hydrogen (secondary N) is 2. The smallest absolute Gasteiger partial charge is 0.317 e. The van der Waals surface area contributed by atoms with Crippen molar-refractivity contribution in [1.29, 1.82) is 0 Å². The molecule has 0 saturated heterocycles. The number of hydrogen-bond donors (Lipinski definition) is 4. The number of amides is 2. The number of hydrogen-bond acceptors (Lipinski definition) is 4. The Labute approximate surface area is 139 Å². The van der Waals surface area contributed by atoms with Crippen LogP contribution in [-0.4, -0.2) is 57.9 Å². The molecule has 0 bridgehead atoms. The predicted octanol–water partition coefficient (Wildman–Crippen LogP) is 0.171. The highest BCUT2D eigenvalue weighted by Crippen LogP contribution is 2.33. The molecule has 2 saturated carbocycles. The van der Waals surface area contributed by atoms with Crippen molar-refractivity contribution in [3.8, 4) is 0 Å². The highest BCUT2D eigenvalue weighted by atomic mass is 16.4. The number of H-pyrrole nitrogens is 1. The molecule has 24 heavy (non-hydrogen) atoms. The Hall–Kier alpha value is -2.35. The first-order valence-electron chi connectivity index (χ1n) is 8.17. The van der Waals surface area contributed by atoms with Gasteiger partial charge in [0.05, 0.1) is 12.1 Å². The maximum absolute atomic E-state index is 12.1. The first kappa shape index (κ1) is 16.5. The van der Waals surface area contributed by atoms with Gasteiger partial charge in [-0.2, -0.15) is 0 Å². The van der Waals surface area contributed by atoms with Gasteiger partial charge in [0.1, 0.15) is 5.69 Å². The van der Waals surface area contributed by atoms with E-state index in [1.165, 1.54) is 25.1 Å². The normalized spacial score (nSPS) is 22.9. The van der Waals surface area contributed by atoms with E-state index in [4.69, 9.17) is 10.8 Å². The van der Waals surface area contributed by atoms with Crippen LogP contribution in [0, 0.1) is 5.92 Å². The second-order valence-electron chi connectivity index (χ2n) is 6.73. The van der Waals surface area contributed by atoms with E-state index >= 15 is 0 Å². The van der Waals surface area contributed by atoms with Crippen LogP contribution in [-0.2, 0) is 4.79 Å². The number of nitrogens with zero attached hydrogens (tertiary/aromatic N) is 1. The molecule has 1 aromatic rings. The molecule has 0 unspecified atom stereocenters. The molecule has 8 heteroatoms. The molecule has 2 aliphatic rings. The van der Waals surface area contributed by atoms with Gasteiger partial charge in [-0.15, -0.1) is 0 Å². The summed E-state index contributed by atoms with van der Waals surface area (Å²) in [5.74, 6) is -1.05. The molecule has 0 aliphatic heterocycles. The highest BCUT2D eigenvalue weighted by Gasteiger charge is 2.37. The van der Waals surface area contributed by atoms with Crippen LogP contribution in [0.3, 0.4) is 0 Å². The summed E-state index contributed by atoms with van der Waals surface area (Å²) in [6.45, 7) is 0.886. The van der Waals surface area contributed by atoms with E-state index in [2.05, 4.69) is 10.3 Å². The average molecular weight is 334 g/mol. The van der Waals surface area contributed by atoms with Crippen molar-refractivity contribution < 1.29 is 19.5 Å². The zero-order valence-corrected chi connectivity index (χ0v) is 13.3. The molecule has 0 spiro atoms. The topological polar surface area (TPSA) is 129 Å². The summed E-state index contributed by atoms with van der Waals surface area (Å²) >= 11 is 0. The summed E-state index contributed by atoms with van der Waals surface area (Å²) < 4.78 is 0. The number of carbonyl (C=O) groups is 3. The first-order chi connectivity index (χ1) is 11.4. The lowest BCUT2D eigenvalue weighted by Gasteiger charge is -2.42. The molecule has 130 valence electrons. The third-order valence-corrected chi connectivity index (χ3v) is 4.70. The van der Waals surface area contributed by atoms with Gasteiger partial charge in [-0.3, -0.25) is 19.3 Å². The number of carbonyl (C=O) groups excluding carboxylic acids is 2. The fourth-order valence-electron chi connectivity index (χ4n) is 3.08. The van der Waals surface area contributed by atoms with E-state index in [1.54, 1.807) is 0 Å². The Kier molecular flexibility index (Phi) is 4.57. The average Bonchev–Trinajstić information content (AvgIpc) is 3.13. The van der Waals surface area contributed by atoms with Crippen molar-refractivity contribution in [3.05, 3.63) is 23.5 Å². The Morgan fingerprint density at radius 2 is 2.04 bits per heavy atom. The second-order valence-corrected chi connectivity index (χ2v) is 6.73. The third kappa shape index (κ3) is 3.94. The molecule has 5 N–H and O–H groups in total. The van der Waals surface area contributed by atoms with E-state index in [0.717, 1.165) is 19.4 Å². The van der Waals surface area contributed by atoms with Crippen LogP contribution in [0.4, 0.5) is 0 Å². The molecule has 8 nitrogen and oxygen atoms in total. The lowest BCUT2D eigenvalue weighted by atomic mass is 9.85. The van der Waals surface area contributed by atoms with Crippen molar-refractivity contribution in [2.75, 3.05) is 13.1 Å². The molecule has 1 heterocycles. The summed E-state index contributed by atoms with van der Waals surface area (Å²) in [6.07, 6.45) is 5.26. The zero-order chi connectivity index (χ0) is 17.3. The lowest BCUT2D eigenvalue weighted by Crippen LogP contribution is -2.55. The number of carboxylic acids is 1. The number of aromatic nitrogens is 1. The van der Waals surface area contributed by atoms with E-state index < -0.39 is 11.9 Å². The molecule has 0 aromatic carbocycles. The van der Waals surface area contributed by atoms with Gasteiger partial charge in [0.15, 0.2) is 0 Å². The minimum Gasteiger partial charge on any atom is -0.480 e. The largest absolute Gasteiger partial charge is 0.480 e. The maximum Gasteiger partial charge on any atom is 0.317 e. The van der Waals surface area contributed by atoms with Crippen LogP contribution < -0.4 is 11.1 Å². The van der Waals surface area contributed by atoms with E-state index in [1.807, 2.05) is 4.90 Å². The van der Waals surface area contributed by atoms with Crippen LogP contribution in [0.1, 0.15) is 46.5 Å². The first-order valence-corrected chi connectivity index (χ1v) is 8.17. The molecule has 2 aliphatic carbocycles. The monoisotopic (exact) mass is 334 g/mol. The quantitative estimate of drug-likeness (QED) is 0.539. The SMILES string of the molecule is NC(=O)c1c[nH]c(C(=O)NC2CC(N(CC(=O)O)CC3CC3)C2)c1. The summed E-state index contributed by atoms with van der Waals surface area (Å²) in [4.78, 5) is 38.9. The molecular formula is C16H22N4O4. The Balaban J connectivity index is 1.48. The third-order valence-electron chi connectivity index (χ3n) is 4.70. The van der Waals surface area contributed by atoms with Gasteiger partial charge in [0.25, 0.3) is 5.91 Å². The fourth-order valence-corrected chi connectivity index (χ4v) is 3.08. The van der Waals surface area contributed by atoms with Crippen LogP contribution in [0.15, 0.2) is 12.3 Å². The van der Waals surface area contributed by atoms with Crippen LogP contribution in [0.2, 0.25) is 0 Å². The van der Waals surface area contributed by atoms with Crippen molar-refractivity contribution in [1.82, 2.24) is 15.2 Å². The van der Waals surface area contributed by atoms with Crippen molar-refractivity contribution >= 4 is 17.8 Å². The molecular weight excluding hydrogens is 312 g/mol. The van der Waals surface area contributed by atoms with Gasteiger partial charge >= 0.3 is 5.97 Å². The van der Waals surface area contributed by atoms with Gasteiger partial charge in [0, 0.05) is 24.8 Å². The molecule has 2 amide bonds. The van der Waals surface area contributed by atoms with Gasteiger partial charge < -0.3 is 21.1 Å². The summed E-state index contributed by atoms with van der Waals surface area (Å²) in [5, 5.41) is 11.9. The van der Waals surface area contributed by atoms with E-state index in [0.29, 0.717) is 11.6 Å². The summed E-state index contributed by atoms with van der Waals surface area (Å²) in [5.41, 5.74) is 5.72. The van der Waals surface area contributed by atoms with Crippen molar-refractivity contribution in [2.24, 2.45) is 11.7 Å². The Morgan fingerprint density at radius 3 is 2.58 bits per heavy atom. The van der Waals surface area contributed by atoms with Gasteiger partial charge in [-0.25, -0.2) is 0 Å². The standard InChI is InChI=1S/C16H22N4O4/c17-15(23)10-3-13(18-6-10)16(24)19-11-4-12(5-11)20(8-14(21)22)7-9-1-2-9/h3,6,9,11-12,18H,1-2,4-5,7-8H2,(H2,17,23)(H,19,24)(H,21,22). The highest BCUT2D eigenvalue weighted by molar-refractivity contribution is 5.98. The maximum atomic E-state index is 12.1. The number of rotatable bonds is 8. The minimum absolute atomic E-state index is 0.0262. The van der Waals surface area contributed by atoms with Crippen molar-refractivity contribution in [3.63, 3.8) is 0 Å².